The molecule has 0 radical (unpaired) electrons. The number of hydrogen-bond donors (Lipinski definition) is 1. The number of alkyl halides is 3. The number of ether oxygens (including phenoxy) is 1. The number of nitrogen functional groups attached to an aromatic ring is 1. The number of halogens is 3. The molecule has 0 atom stereocenters. The molecule has 2 nitrogen and oxygen atoms in total. The quantitative estimate of drug-likeness (QED) is 0.736. The van der Waals surface area contributed by atoms with Gasteiger partial charge in [0.25, 0.3) is 0 Å². The fraction of sp³-hybridized carbons (Fsp3) is 0.400. The highest BCUT2D eigenvalue weighted by Gasteiger charge is 2.31. The van der Waals surface area contributed by atoms with Crippen LogP contribution in [-0.2, 0) is 0 Å². The molecule has 0 heterocycles. The molecule has 15 heavy (non-hydrogen) atoms. The molecule has 0 aromatic heterocycles. The van der Waals surface area contributed by atoms with Gasteiger partial charge in [0.05, 0.1) is 5.69 Å². The maximum Gasteiger partial charge on any atom is 0.573 e. The van der Waals surface area contributed by atoms with Gasteiger partial charge in [-0.2, -0.15) is 0 Å². The Morgan fingerprint density at radius 2 is 1.73 bits per heavy atom. The first kappa shape index (κ1) is 13.6. The van der Waals surface area contributed by atoms with E-state index in [1.54, 1.807) is 6.92 Å². The number of benzene rings is 1. The summed E-state index contributed by atoms with van der Waals surface area (Å²) in [6.45, 7) is 5.73. The molecule has 0 aliphatic carbocycles. The minimum atomic E-state index is -4.69. The molecule has 5 heteroatoms. The van der Waals surface area contributed by atoms with E-state index in [0.29, 0.717) is 0 Å². The van der Waals surface area contributed by atoms with Crippen LogP contribution in [0.1, 0.15) is 19.4 Å². The second kappa shape index (κ2) is 5.48. The maximum absolute atomic E-state index is 11.7. The molecule has 0 saturated heterocycles. The van der Waals surface area contributed by atoms with Gasteiger partial charge < -0.3 is 10.5 Å². The van der Waals surface area contributed by atoms with Crippen molar-refractivity contribution in [2.75, 3.05) is 5.73 Å². The summed E-state index contributed by atoms with van der Waals surface area (Å²) in [5, 5.41) is 0. The van der Waals surface area contributed by atoms with Crippen molar-refractivity contribution in [3.8, 4) is 5.75 Å². The first-order valence-electron chi connectivity index (χ1n) is 4.50. The van der Waals surface area contributed by atoms with Crippen molar-refractivity contribution in [2.45, 2.75) is 27.1 Å². The van der Waals surface area contributed by atoms with Crippen LogP contribution in [0.3, 0.4) is 0 Å². The Kier molecular flexibility index (Phi) is 4.97. The van der Waals surface area contributed by atoms with Crippen LogP contribution in [0.4, 0.5) is 18.9 Å². The topological polar surface area (TPSA) is 35.2 Å². The average molecular weight is 221 g/mol. The lowest BCUT2D eigenvalue weighted by Gasteiger charge is -2.10. The molecule has 1 rings (SSSR count). The monoisotopic (exact) mass is 221 g/mol. The third kappa shape index (κ3) is 5.15. The largest absolute Gasteiger partial charge is 0.573 e. The molecule has 1 aromatic carbocycles. The van der Waals surface area contributed by atoms with Crippen molar-refractivity contribution in [3.63, 3.8) is 0 Å². The maximum atomic E-state index is 11.7. The van der Waals surface area contributed by atoms with Crippen molar-refractivity contribution in [1.82, 2.24) is 0 Å². The van der Waals surface area contributed by atoms with Crippen LogP contribution >= 0.6 is 0 Å². The Morgan fingerprint density at radius 1 is 1.20 bits per heavy atom. The molecule has 0 aliphatic rings. The molecule has 1 aromatic rings. The lowest BCUT2D eigenvalue weighted by atomic mass is 10.2. The summed E-state index contributed by atoms with van der Waals surface area (Å²) < 4.78 is 38.9. The van der Waals surface area contributed by atoms with Gasteiger partial charge in [-0.3, -0.25) is 0 Å². The summed E-state index contributed by atoms with van der Waals surface area (Å²) in [6, 6.07) is 4.11. The lowest BCUT2D eigenvalue weighted by Crippen LogP contribution is -2.17. The van der Waals surface area contributed by atoms with E-state index in [1.807, 2.05) is 13.8 Å². The van der Waals surface area contributed by atoms with E-state index in [-0.39, 0.29) is 11.4 Å². The summed E-state index contributed by atoms with van der Waals surface area (Å²) in [5.41, 5.74) is 6.07. The Bertz CT molecular complexity index is 310. The first-order chi connectivity index (χ1) is 6.88. The average Bonchev–Trinajstić information content (AvgIpc) is 2.12. The third-order valence-corrected chi connectivity index (χ3v) is 1.39. The van der Waals surface area contributed by atoms with Crippen molar-refractivity contribution in [3.05, 3.63) is 23.8 Å². The third-order valence-electron chi connectivity index (χ3n) is 1.39. The van der Waals surface area contributed by atoms with Gasteiger partial charge in [-0.15, -0.1) is 13.2 Å². The van der Waals surface area contributed by atoms with Crippen LogP contribution in [0.15, 0.2) is 18.2 Å². The summed E-state index contributed by atoms with van der Waals surface area (Å²) >= 11 is 0. The van der Waals surface area contributed by atoms with Crippen LogP contribution in [0, 0.1) is 6.92 Å². The molecule has 0 aliphatic heterocycles. The molecular weight excluding hydrogens is 207 g/mol. The Hall–Kier alpha value is -1.39. The number of hydrogen-bond acceptors (Lipinski definition) is 2. The molecule has 2 N–H and O–H groups in total. The fourth-order valence-electron chi connectivity index (χ4n) is 0.886. The zero-order chi connectivity index (χ0) is 12.1. The molecule has 0 fully saturated rings. The summed E-state index contributed by atoms with van der Waals surface area (Å²) in [6.07, 6.45) is -4.69. The first-order valence-corrected chi connectivity index (χ1v) is 4.50. The Morgan fingerprint density at radius 3 is 2.13 bits per heavy atom. The van der Waals surface area contributed by atoms with Gasteiger partial charge in [-0.05, 0) is 24.6 Å². The number of anilines is 1. The minimum absolute atomic E-state index is 0.0164. The van der Waals surface area contributed by atoms with Crippen molar-refractivity contribution < 1.29 is 17.9 Å². The van der Waals surface area contributed by atoms with Crippen molar-refractivity contribution >= 4 is 5.69 Å². The van der Waals surface area contributed by atoms with Gasteiger partial charge in [0, 0.05) is 0 Å². The van der Waals surface area contributed by atoms with Crippen LogP contribution in [-0.4, -0.2) is 6.36 Å². The molecule has 0 bridgehead atoms. The number of aryl methyl sites for hydroxylation is 1. The van der Waals surface area contributed by atoms with Gasteiger partial charge in [0.15, 0.2) is 5.75 Å². The highest BCUT2D eigenvalue weighted by molar-refractivity contribution is 5.54. The summed E-state index contributed by atoms with van der Waals surface area (Å²) in [5.74, 6) is -0.363. The van der Waals surface area contributed by atoms with Crippen LogP contribution in [0.5, 0.6) is 5.75 Å². The minimum Gasteiger partial charge on any atom is -0.404 e. The SMILES string of the molecule is CC.Cc1ccc(OC(F)(F)F)c(N)c1. The predicted octanol–water partition coefficient (Wildman–Crippen LogP) is 3.50. The van der Waals surface area contributed by atoms with E-state index in [1.165, 1.54) is 18.2 Å². The Balaban J connectivity index is 0.000000921. The lowest BCUT2D eigenvalue weighted by molar-refractivity contribution is -0.274. The van der Waals surface area contributed by atoms with Crippen LogP contribution in [0.25, 0.3) is 0 Å². The van der Waals surface area contributed by atoms with Gasteiger partial charge in [0.1, 0.15) is 0 Å². The molecule has 0 amide bonds. The van der Waals surface area contributed by atoms with Crippen LogP contribution in [0.2, 0.25) is 0 Å². The fourth-order valence-corrected chi connectivity index (χ4v) is 0.886. The van der Waals surface area contributed by atoms with E-state index in [2.05, 4.69) is 4.74 Å². The van der Waals surface area contributed by atoms with E-state index >= 15 is 0 Å². The van der Waals surface area contributed by atoms with Crippen molar-refractivity contribution in [2.24, 2.45) is 0 Å². The highest BCUT2D eigenvalue weighted by Crippen LogP contribution is 2.28. The molecule has 86 valence electrons. The molecular formula is C10H14F3NO. The molecule has 0 spiro atoms. The standard InChI is InChI=1S/C8H8F3NO.C2H6/c1-5-2-3-7(6(12)4-5)13-8(9,10)11;1-2/h2-4H,12H2,1H3;1-2H3. The smallest absolute Gasteiger partial charge is 0.404 e. The van der Waals surface area contributed by atoms with E-state index in [4.69, 9.17) is 5.73 Å². The van der Waals surface area contributed by atoms with Gasteiger partial charge in [0.2, 0.25) is 0 Å². The molecule has 0 saturated carbocycles. The number of nitrogens with two attached hydrogens (primary N) is 1. The normalized spacial score (nSPS) is 10.3. The predicted molar refractivity (Wildman–Crippen MR) is 53.6 cm³/mol. The summed E-state index contributed by atoms with van der Waals surface area (Å²) in [7, 11) is 0. The van der Waals surface area contributed by atoms with Gasteiger partial charge >= 0.3 is 6.36 Å². The van der Waals surface area contributed by atoms with Crippen LogP contribution < -0.4 is 10.5 Å². The Labute approximate surface area is 86.8 Å². The summed E-state index contributed by atoms with van der Waals surface area (Å²) in [4.78, 5) is 0. The molecule has 0 unspecified atom stereocenters. The van der Waals surface area contributed by atoms with Gasteiger partial charge in [-0.25, -0.2) is 0 Å². The second-order valence-electron chi connectivity index (χ2n) is 2.59. The number of rotatable bonds is 1. The second-order valence-corrected chi connectivity index (χ2v) is 2.59. The van der Waals surface area contributed by atoms with E-state index in [9.17, 15) is 13.2 Å². The van der Waals surface area contributed by atoms with Gasteiger partial charge in [-0.1, -0.05) is 19.9 Å². The van der Waals surface area contributed by atoms with E-state index < -0.39 is 6.36 Å². The van der Waals surface area contributed by atoms with Crippen molar-refractivity contribution in [1.29, 1.82) is 0 Å². The van der Waals surface area contributed by atoms with E-state index in [0.717, 1.165) is 5.56 Å². The zero-order valence-electron chi connectivity index (χ0n) is 8.85. The zero-order valence-corrected chi connectivity index (χ0v) is 8.85. The highest BCUT2D eigenvalue weighted by atomic mass is 19.4.